The van der Waals surface area contributed by atoms with E-state index in [9.17, 15) is 22.8 Å². The van der Waals surface area contributed by atoms with E-state index in [-0.39, 0.29) is 12.0 Å². The number of hydrogen-bond acceptors (Lipinski definition) is 5. The number of hydrogen-bond donors (Lipinski definition) is 2. The summed E-state index contributed by atoms with van der Waals surface area (Å²) in [6.45, 7) is 3.24. The molecule has 0 aromatic carbocycles. The van der Waals surface area contributed by atoms with Gasteiger partial charge in [0.05, 0.1) is 11.8 Å². The van der Waals surface area contributed by atoms with Crippen LogP contribution in [-0.2, 0) is 13.2 Å². The average Bonchev–Trinajstić information content (AvgIpc) is 3.23. The molecule has 176 valence electrons. The van der Waals surface area contributed by atoms with Crippen LogP contribution in [0.4, 0.5) is 29.5 Å². The minimum atomic E-state index is -4.63. The summed E-state index contributed by atoms with van der Waals surface area (Å²) in [6, 6.07) is 1.71. The Morgan fingerprint density at radius 3 is 2.82 bits per heavy atom. The quantitative estimate of drug-likeness (QED) is 0.622. The number of halogens is 3. The molecule has 4 rings (SSSR count). The molecule has 0 aliphatic carbocycles. The maximum Gasteiger partial charge on any atom is 0.417 e. The van der Waals surface area contributed by atoms with Crippen molar-refractivity contribution < 1.29 is 18.0 Å². The van der Waals surface area contributed by atoms with E-state index in [2.05, 4.69) is 25.2 Å². The molecule has 0 spiro atoms. The number of nitrogens with zero attached hydrogens (tertiary/aromatic N) is 5. The second-order valence-corrected chi connectivity index (χ2v) is 8.32. The van der Waals surface area contributed by atoms with Crippen LogP contribution in [0, 0.1) is 5.92 Å². The molecule has 3 aromatic rings. The van der Waals surface area contributed by atoms with Gasteiger partial charge in [-0.25, -0.2) is 14.8 Å². The number of aromatic nitrogens is 4. The van der Waals surface area contributed by atoms with Gasteiger partial charge in [-0.05, 0) is 24.5 Å². The van der Waals surface area contributed by atoms with Crippen molar-refractivity contribution in [2.24, 2.45) is 13.0 Å². The number of alkyl halides is 3. The first-order valence-electron chi connectivity index (χ1n) is 10.4. The highest BCUT2D eigenvalue weighted by atomic mass is 19.4. The van der Waals surface area contributed by atoms with Crippen molar-refractivity contribution in [3.05, 3.63) is 46.6 Å². The van der Waals surface area contributed by atoms with E-state index in [0.717, 1.165) is 15.9 Å². The SMILES string of the molecule is C[C@H]1CN(c2cnc3[nH]ccc3n2)CC[C@H]1N(C)C(=O)Nc1cc(C(F)(F)F)cn(C)c1=O. The number of pyridine rings is 1. The zero-order valence-electron chi connectivity index (χ0n) is 18.3. The lowest BCUT2D eigenvalue weighted by Gasteiger charge is -2.41. The molecule has 1 aliphatic heterocycles. The largest absolute Gasteiger partial charge is 0.417 e. The third-order valence-electron chi connectivity index (χ3n) is 6.00. The predicted octanol–water partition coefficient (Wildman–Crippen LogP) is 3.05. The summed E-state index contributed by atoms with van der Waals surface area (Å²) in [5.74, 6) is 0.787. The molecule has 4 heterocycles. The molecule has 2 atom stereocenters. The number of fused-ring (bicyclic) bond motifs is 1. The minimum Gasteiger partial charge on any atom is -0.355 e. The summed E-state index contributed by atoms with van der Waals surface area (Å²) in [5.41, 5.74) is -0.666. The van der Waals surface area contributed by atoms with Crippen LogP contribution in [0.1, 0.15) is 18.9 Å². The number of piperidine rings is 1. The number of urea groups is 1. The molecule has 1 saturated heterocycles. The van der Waals surface area contributed by atoms with E-state index in [1.54, 1.807) is 19.4 Å². The van der Waals surface area contributed by atoms with Crippen molar-refractivity contribution in [1.82, 2.24) is 24.4 Å². The number of anilines is 2. The molecule has 0 saturated carbocycles. The van der Waals surface area contributed by atoms with Crippen molar-refractivity contribution in [2.45, 2.75) is 25.6 Å². The van der Waals surface area contributed by atoms with Crippen molar-refractivity contribution in [1.29, 1.82) is 0 Å². The number of aryl methyl sites for hydroxylation is 1. The van der Waals surface area contributed by atoms with Crippen LogP contribution in [-0.4, -0.2) is 56.6 Å². The van der Waals surface area contributed by atoms with E-state index < -0.39 is 29.0 Å². The fourth-order valence-electron chi connectivity index (χ4n) is 4.20. The number of carbonyl (C=O) groups excluding carboxylic acids is 1. The maximum absolute atomic E-state index is 13.1. The molecule has 12 heteroatoms. The number of amides is 2. The summed E-state index contributed by atoms with van der Waals surface area (Å²) >= 11 is 0. The average molecular weight is 463 g/mol. The minimum absolute atomic E-state index is 0.0440. The van der Waals surface area contributed by atoms with Gasteiger partial charge >= 0.3 is 12.2 Å². The molecule has 0 bridgehead atoms. The summed E-state index contributed by atoms with van der Waals surface area (Å²) < 4.78 is 40.1. The third kappa shape index (κ3) is 4.50. The highest BCUT2D eigenvalue weighted by molar-refractivity contribution is 5.89. The summed E-state index contributed by atoms with van der Waals surface area (Å²) in [7, 11) is 2.79. The molecule has 1 aliphatic rings. The van der Waals surface area contributed by atoms with Gasteiger partial charge in [-0.15, -0.1) is 0 Å². The molecule has 2 amide bonds. The van der Waals surface area contributed by atoms with Crippen molar-refractivity contribution >= 4 is 28.7 Å². The number of nitrogens with one attached hydrogen (secondary N) is 2. The Labute approximate surface area is 187 Å². The molecular formula is C21H24F3N7O2. The number of aromatic amines is 1. The molecular weight excluding hydrogens is 439 g/mol. The van der Waals surface area contributed by atoms with Gasteiger partial charge in [0.2, 0.25) is 0 Å². The number of H-pyrrole nitrogens is 1. The van der Waals surface area contributed by atoms with Crippen LogP contribution < -0.4 is 15.8 Å². The van der Waals surface area contributed by atoms with Crippen LogP contribution in [0.5, 0.6) is 0 Å². The Kier molecular flexibility index (Phi) is 5.76. The van der Waals surface area contributed by atoms with E-state index in [1.807, 2.05) is 13.0 Å². The highest BCUT2D eigenvalue weighted by Gasteiger charge is 2.34. The fraction of sp³-hybridized carbons (Fsp3) is 0.429. The van der Waals surface area contributed by atoms with Gasteiger partial charge in [0.15, 0.2) is 5.65 Å². The van der Waals surface area contributed by atoms with Gasteiger partial charge < -0.3 is 24.7 Å². The van der Waals surface area contributed by atoms with Gasteiger partial charge in [-0.2, -0.15) is 13.2 Å². The molecule has 3 aromatic heterocycles. The molecule has 0 radical (unpaired) electrons. The molecule has 0 unspecified atom stereocenters. The van der Waals surface area contributed by atoms with Crippen LogP contribution in [0.25, 0.3) is 11.2 Å². The Balaban J connectivity index is 1.45. The lowest BCUT2D eigenvalue weighted by Crippen LogP contribution is -2.52. The molecule has 33 heavy (non-hydrogen) atoms. The molecule has 1 fully saturated rings. The first kappa shape index (κ1) is 22.6. The van der Waals surface area contributed by atoms with Crippen LogP contribution in [0.3, 0.4) is 0 Å². The van der Waals surface area contributed by atoms with Crippen LogP contribution >= 0.6 is 0 Å². The first-order chi connectivity index (χ1) is 15.5. The Morgan fingerprint density at radius 2 is 2.12 bits per heavy atom. The second kappa shape index (κ2) is 8.41. The first-order valence-corrected chi connectivity index (χ1v) is 10.4. The number of rotatable bonds is 3. The normalized spacial score (nSPS) is 19.0. The standard InChI is InChI=1S/C21H24F3N7O2/c1-12-10-31(17-9-26-18-14(27-17)4-6-25-18)7-5-16(12)30(3)20(33)28-15-8-13(21(22,23)24)11-29(2)19(15)32/h4,6,8-9,11-12,16H,5,7,10H2,1-3H3,(H,25,26)(H,28,33)/t12-,16+/m0/s1. The molecule has 9 nitrogen and oxygen atoms in total. The Bertz CT molecular complexity index is 1240. The van der Waals surface area contributed by atoms with Crippen molar-refractivity contribution in [2.75, 3.05) is 30.4 Å². The zero-order chi connectivity index (χ0) is 23.9. The smallest absolute Gasteiger partial charge is 0.355 e. The van der Waals surface area contributed by atoms with E-state index >= 15 is 0 Å². The highest BCUT2D eigenvalue weighted by Crippen LogP contribution is 2.30. The van der Waals surface area contributed by atoms with E-state index in [1.165, 1.54) is 11.9 Å². The summed E-state index contributed by atoms with van der Waals surface area (Å²) in [6.07, 6.45) is 0.163. The van der Waals surface area contributed by atoms with Crippen LogP contribution in [0.2, 0.25) is 0 Å². The lowest BCUT2D eigenvalue weighted by atomic mass is 9.93. The summed E-state index contributed by atoms with van der Waals surface area (Å²) in [4.78, 5) is 40.6. The third-order valence-corrected chi connectivity index (χ3v) is 6.00. The Hall–Kier alpha value is -3.57. The summed E-state index contributed by atoms with van der Waals surface area (Å²) in [5, 5.41) is 2.36. The van der Waals surface area contributed by atoms with Gasteiger partial charge in [0.1, 0.15) is 17.0 Å². The van der Waals surface area contributed by atoms with Crippen LogP contribution in [0.15, 0.2) is 35.5 Å². The monoisotopic (exact) mass is 463 g/mol. The molecule has 2 N–H and O–H groups in total. The topological polar surface area (TPSA) is 99.2 Å². The Morgan fingerprint density at radius 1 is 1.36 bits per heavy atom. The maximum atomic E-state index is 13.1. The van der Waals surface area contributed by atoms with Crippen molar-refractivity contribution in [3.63, 3.8) is 0 Å². The van der Waals surface area contributed by atoms with Gasteiger partial charge in [0.25, 0.3) is 5.56 Å². The van der Waals surface area contributed by atoms with E-state index in [4.69, 9.17) is 0 Å². The van der Waals surface area contributed by atoms with Gasteiger partial charge in [-0.3, -0.25) is 4.79 Å². The zero-order valence-corrected chi connectivity index (χ0v) is 18.3. The fourth-order valence-corrected chi connectivity index (χ4v) is 4.20. The lowest BCUT2D eigenvalue weighted by molar-refractivity contribution is -0.138. The van der Waals surface area contributed by atoms with Gasteiger partial charge in [0, 0.05) is 45.6 Å². The van der Waals surface area contributed by atoms with Crippen molar-refractivity contribution in [3.8, 4) is 0 Å². The van der Waals surface area contributed by atoms with E-state index in [0.29, 0.717) is 37.4 Å². The number of carbonyl (C=O) groups is 1. The van der Waals surface area contributed by atoms with Gasteiger partial charge in [-0.1, -0.05) is 6.92 Å². The predicted molar refractivity (Wildman–Crippen MR) is 117 cm³/mol. The second-order valence-electron chi connectivity index (χ2n) is 8.32.